The summed E-state index contributed by atoms with van der Waals surface area (Å²) in [5.41, 5.74) is 3.45. The Morgan fingerprint density at radius 1 is 1.19 bits per heavy atom. The number of piperidine rings is 1. The Morgan fingerprint density at radius 2 is 1.97 bits per heavy atom. The van der Waals surface area contributed by atoms with Crippen LogP contribution in [0.1, 0.15) is 41.2 Å². The van der Waals surface area contributed by atoms with Gasteiger partial charge in [0.2, 0.25) is 0 Å². The second-order valence-corrected chi connectivity index (χ2v) is 10.7. The van der Waals surface area contributed by atoms with Crippen molar-refractivity contribution in [2.24, 2.45) is 0 Å². The van der Waals surface area contributed by atoms with E-state index in [1.165, 1.54) is 17.4 Å². The number of likely N-dealkylation sites (tertiary alicyclic amines) is 1. The van der Waals surface area contributed by atoms with Crippen molar-refractivity contribution in [3.8, 4) is 11.3 Å². The molecule has 2 aromatic heterocycles. The van der Waals surface area contributed by atoms with E-state index in [4.69, 9.17) is 0 Å². The zero-order valence-corrected chi connectivity index (χ0v) is 22.8. The smallest absolute Gasteiger partial charge is 0.251 e. The number of carbonyl (C=O) groups excluding carboxylic acids is 1. The van der Waals surface area contributed by atoms with Gasteiger partial charge < -0.3 is 20.6 Å². The van der Waals surface area contributed by atoms with Gasteiger partial charge in [-0.2, -0.15) is 0 Å². The van der Waals surface area contributed by atoms with Crippen molar-refractivity contribution in [3.63, 3.8) is 0 Å². The number of fused-ring (bicyclic) bond motifs is 3. The van der Waals surface area contributed by atoms with E-state index in [9.17, 15) is 9.90 Å². The van der Waals surface area contributed by atoms with Gasteiger partial charge in [0.1, 0.15) is 5.82 Å². The number of rotatable bonds is 4. The van der Waals surface area contributed by atoms with Crippen LogP contribution in [0.25, 0.3) is 26.4 Å². The maximum absolute atomic E-state index is 15.0. The molecule has 11 heteroatoms. The molecule has 198 valence electrons. The SMILES string of the molecule is CN1CCC(NC(=O)c2ccc3c(c2)sc2nc(-c4ccc([C@H]5C[C@H](O)CN5)cc4F)cn23)CC1.Cl.Cl. The number of hydrogen-bond donors (Lipinski definition) is 3. The van der Waals surface area contributed by atoms with Gasteiger partial charge in [-0.05, 0) is 75.3 Å². The number of carbonyl (C=O) groups is 1. The van der Waals surface area contributed by atoms with Gasteiger partial charge in [0, 0.05) is 36.0 Å². The third-order valence-corrected chi connectivity index (χ3v) is 8.21. The van der Waals surface area contributed by atoms with E-state index in [2.05, 4.69) is 27.6 Å². The summed E-state index contributed by atoms with van der Waals surface area (Å²) < 4.78 is 17.9. The van der Waals surface area contributed by atoms with Crippen molar-refractivity contribution in [2.75, 3.05) is 26.7 Å². The summed E-state index contributed by atoms with van der Waals surface area (Å²) in [4.78, 5) is 20.5. The molecule has 4 heterocycles. The average molecular weight is 567 g/mol. The number of nitrogens with one attached hydrogen (secondary N) is 2. The molecule has 0 unspecified atom stereocenters. The Labute approximate surface area is 230 Å². The maximum Gasteiger partial charge on any atom is 0.251 e. The highest BCUT2D eigenvalue weighted by Gasteiger charge is 2.25. The number of nitrogens with zero attached hydrogens (tertiary/aromatic N) is 3. The van der Waals surface area contributed by atoms with E-state index in [0.717, 1.165) is 46.7 Å². The molecule has 37 heavy (non-hydrogen) atoms. The van der Waals surface area contributed by atoms with Crippen molar-refractivity contribution in [1.82, 2.24) is 24.9 Å². The molecule has 0 radical (unpaired) electrons. The number of benzene rings is 2. The highest BCUT2D eigenvalue weighted by atomic mass is 35.5. The summed E-state index contributed by atoms with van der Waals surface area (Å²) in [5.74, 6) is -0.367. The highest BCUT2D eigenvalue weighted by molar-refractivity contribution is 7.23. The van der Waals surface area contributed by atoms with Crippen LogP contribution in [0.15, 0.2) is 42.6 Å². The standard InChI is InChI=1S/C26H28FN5O2S.2ClH/c1-31-8-6-17(7-9-31)29-25(34)16-3-5-23-24(11-16)35-26-30-22(14-32(23)26)19-4-2-15(10-20(19)27)21-12-18(33)13-28-21;;/h2-5,10-11,14,17-18,21,28,33H,6-9,12-13H2,1H3,(H,29,34);2*1H/t18-,21+;;/m0../s1. The lowest BCUT2D eigenvalue weighted by molar-refractivity contribution is 0.0917. The lowest BCUT2D eigenvalue weighted by Crippen LogP contribution is -2.43. The van der Waals surface area contributed by atoms with Crippen LogP contribution in [0.4, 0.5) is 4.39 Å². The third-order valence-electron chi connectivity index (χ3n) is 7.19. The molecule has 0 bridgehead atoms. The quantitative estimate of drug-likeness (QED) is 0.341. The number of amides is 1. The van der Waals surface area contributed by atoms with Crippen molar-refractivity contribution < 1.29 is 14.3 Å². The normalized spacial score (nSPS) is 20.6. The molecule has 4 aromatic rings. The Hall–Kier alpha value is -2.27. The molecular formula is C26H30Cl2FN5O2S. The van der Waals surface area contributed by atoms with E-state index in [0.29, 0.717) is 29.8 Å². The molecule has 6 rings (SSSR count). The number of aromatic nitrogens is 2. The predicted octanol–water partition coefficient (Wildman–Crippen LogP) is 4.42. The number of hydrogen-bond acceptors (Lipinski definition) is 6. The van der Waals surface area contributed by atoms with Crippen LogP contribution < -0.4 is 10.6 Å². The van der Waals surface area contributed by atoms with Gasteiger partial charge in [-0.15, -0.1) is 24.8 Å². The molecule has 0 aliphatic carbocycles. The summed E-state index contributed by atoms with van der Waals surface area (Å²) in [6.45, 7) is 2.52. The lowest BCUT2D eigenvalue weighted by atomic mass is 10.0. The molecule has 3 N–H and O–H groups in total. The lowest BCUT2D eigenvalue weighted by Gasteiger charge is -2.29. The van der Waals surface area contributed by atoms with Gasteiger partial charge in [0.15, 0.2) is 4.96 Å². The Kier molecular flexibility index (Phi) is 8.42. The first-order valence-electron chi connectivity index (χ1n) is 12.1. The predicted molar refractivity (Wildman–Crippen MR) is 150 cm³/mol. The summed E-state index contributed by atoms with van der Waals surface area (Å²) in [6, 6.07) is 11.1. The minimum absolute atomic E-state index is 0. The first-order valence-corrected chi connectivity index (χ1v) is 12.9. The van der Waals surface area contributed by atoms with Crippen LogP contribution in [0.3, 0.4) is 0 Å². The Morgan fingerprint density at radius 3 is 2.68 bits per heavy atom. The largest absolute Gasteiger partial charge is 0.392 e. The van der Waals surface area contributed by atoms with E-state index < -0.39 is 6.10 Å². The molecule has 2 aliphatic rings. The summed E-state index contributed by atoms with van der Waals surface area (Å²) in [6.07, 6.45) is 3.98. The van der Waals surface area contributed by atoms with Crippen LogP contribution in [-0.4, -0.2) is 64.1 Å². The van der Waals surface area contributed by atoms with E-state index in [1.807, 2.05) is 34.9 Å². The van der Waals surface area contributed by atoms with Crippen molar-refractivity contribution in [2.45, 2.75) is 37.5 Å². The number of β-amino-alcohol motifs (C(OH)–C–C–N with tert-alkyl or cyclic N) is 1. The topological polar surface area (TPSA) is 81.9 Å². The van der Waals surface area contributed by atoms with E-state index >= 15 is 4.39 Å². The van der Waals surface area contributed by atoms with E-state index in [-0.39, 0.29) is 48.6 Å². The number of halogens is 3. The summed E-state index contributed by atoms with van der Waals surface area (Å²) in [7, 11) is 2.11. The maximum atomic E-state index is 15.0. The van der Waals surface area contributed by atoms with Gasteiger partial charge in [0.25, 0.3) is 5.91 Å². The number of aliphatic hydroxyl groups excluding tert-OH is 1. The molecule has 2 fully saturated rings. The third kappa shape index (κ3) is 5.48. The van der Waals surface area contributed by atoms with Crippen LogP contribution >= 0.6 is 36.2 Å². The van der Waals surface area contributed by atoms with Gasteiger partial charge in [-0.25, -0.2) is 9.37 Å². The van der Waals surface area contributed by atoms with Crippen molar-refractivity contribution in [1.29, 1.82) is 0 Å². The van der Waals surface area contributed by atoms with Crippen LogP contribution in [0.2, 0.25) is 0 Å². The minimum Gasteiger partial charge on any atom is -0.392 e. The Balaban J connectivity index is 0.00000160. The fraction of sp³-hybridized carbons (Fsp3) is 0.385. The molecule has 2 aliphatic heterocycles. The summed E-state index contributed by atoms with van der Waals surface area (Å²) >= 11 is 1.49. The Bertz CT molecular complexity index is 1420. The molecule has 7 nitrogen and oxygen atoms in total. The van der Waals surface area contributed by atoms with E-state index in [1.54, 1.807) is 6.07 Å². The minimum atomic E-state index is -0.392. The number of thiazole rings is 1. The molecule has 2 aromatic carbocycles. The molecule has 2 atom stereocenters. The van der Waals surface area contributed by atoms with Crippen LogP contribution in [0.5, 0.6) is 0 Å². The van der Waals surface area contributed by atoms with Gasteiger partial charge in [-0.3, -0.25) is 9.20 Å². The van der Waals surface area contributed by atoms with Gasteiger partial charge in [0.05, 0.1) is 22.0 Å². The first-order chi connectivity index (χ1) is 16.9. The fourth-order valence-electron chi connectivity index (χ4n) is 5.12. The zero-order valence-electron chi connectivity index (χ0n) is 20.3. The summed E-state index contributed by atoms with van der Waals surface area (Å²) in [5, 5.41) is 16.1. The molecule has 2 saturated heterocycles. The van der Waals surface area contributed by atoms with Crippen LogP contribution in [-0.2, 0) is 0 Å². The first kappa shape index (κ1) is 27.8. The molecule has 0 spiro atoms. The van der Waals surface area contributed by atoms with Gasteiger partial charge >= 0.3 is 0 Å². The van der Waals surface area contributed by atoms with Crippen LogP contribution in [0, 0.1) is 5.82 Å². The zero-order chi connectivity index (χ0) is 24.1. The monoisotopic (exact) mass is 565 g/mol. The number of aliphatic hydroxyl groups is 1. The fourth-order valence-corrected chi connectivity index (χ4v) is 6.17. The number of imidazole rings is 1. The van der Waals surface area contributed by atoms with Crippen molar-refractivity contribution in [3.05, 3.63) is 59.5 Å². The second-order valence-electron chi connectivity index (χ2n) is 9.70. The molecule has 1 amide bonds. The molecule has 0 saturated carbocycles. The van der Waals surface area contributed by atoms with Crippen molar-refractivity contribution >= 4 is 57.2 Å². The highest BCUT2D eigenvalue weighted by Crippen LogP contribution is 2.33. The average Bonchev–Trinajstić information content (AvgIpc) is 3.54. The molecular weight excluding hydrogens is 536 g/mol. The van der Waals surface area contributed by atoms with Gasteiger partial charge in [-0.1, -0.05) is 17.4 Å². The second kappa shape index (κ2) is 11.2.